The predicted octanol–water partition coefficient (Wildman–Crippen LogP) is 2.82. The topological polar surface area (TPSA) is 473 Å². The fraction of sp³-hybridized carbons (Fsp3) is 0.656. The molecule has 1 aliphatic rings. The van der Waals surface area contributed by atoms with Gasteiger partial charge < -0.3 is 67.5 Å². The van der Waals surface area contributed by atoms with Crippen LogP contribution in [0.25, 0.3) is 0 Å². The molecule has 0 aromatic heterocycles. The van der Waals surface area contributed by atoms with E-state index in [1.807, 2.05) is 40.9 Å². The lowest BCUT2D eigenvalue weighted by Gasteiger charge is -2.31. The van der Waals surface area contributed by atoms with Crippen molar-refractivity contribution in [2.45, 2.75) is 212 Å². The number of carboxylic acids is 5. The van der Waals surface area contributed by atoms with E-state index in [0.29, 0.717) is 36.1 Å². The van der Waals surface area contributed by atoms with Crippen LogP contribution in [-0.2, 0) is 83.1 Å². The maximum atomic E-state index is 14.3. The summed E-state index contributed by atoms with van der Waals surface area (Å²) in [6, 6.07) is -2.15. The molecule has 29 nitrogen and oxygen atoms in total. The molecule has 524 valence electrons. The average molecular weight is 1350 g/mol. The molecule has 1 aliphatic heterocycles. The smallest absolute Gasteiger partial charge is 0.303 e. The number of rotatable bonds is 48. The molecular formula is C64H95N7O22S. The van der Waals surface area contributed by atoms with Crippen LogP contribution in [0.2, 0.25) is 0 Å². The van der Waals surface area contributed by atoms with Gasteiger partial charge in [-0.25, -0.2) is 0 Å². The van der Waals surface area contributed by atoms with Crippen molar-refractivity contribution in [3.8, 4) is 0 Å². The van der Waals surface area contributed by atoms with E-state index < -0.39 is 202 Å². The van der Waals surface area contributed by atoms with E-state index in [1.54, 1.807) is 11.8 Å². The number of benzene rings is 1. The number of amides is 6. The number of nitrogens with one attached hydrogen (secondary N) is 5. The van der Waals surface area contributed by atoms with Gasteiger partial charge in [0.25, 0.3) is 0 Å². The third kappa shape index (κ3) is 31.8. The lowest BCUT2D eigenvalue weighted by molar-refractivity contribution is -0.142. The van der Waals surface area contributed by atoms with Gasteiger partial charge in [-0.15, -0.1) is 0 Å². The number of aliphatic carboxylic acids is 5. The van der Waals surface area contributed by atoms with Gasteiger partial charge in [-0.1, -0.05) is 58.9 Å². The summed E-state index contributed by atoms with van der Waals surface area (Å²) in [7, 11) is 0. The summed E-state index contributed by atoms with van der Waals surface area (Å²) in [5.74, 6) is -17.2. The van der Waals surface area contributed by atoms with Crippen LogP contribution in [0.5, 0.6) is 0 Å². The molecule has 0 bridgehead atoms. The van der Waals surface area contributed by atoms with Crippen molar-refractivity contribution in [1.29, 1.82) is 0 Å². The summed E-state index contributed by atoms with van der Waals surface area (Å²) in [6.45, 7) is 10.7. The SMILES string of the molecule is CSC[C@H](NC(=O)CCC(=O)C(CC(C)C)NC(=O)[C@@H]1CCCN1C(=O)COCCCC(=O)[C@H](Cc1ccc(C(C)=O)cc1)NC(=O)[C@@H](CCC(=O)O)CC(=O)[C@@H](CCC(=O)O)NC(=O)[C@@H](CCC(=O)O)CC(=O)[C@@H](CCC(=O)O)NC(=O)[C@H](N)CCC(=O)O)C(C)(C)C. The highest BCUT2D eigenvalue weighted by Crippen LogP contribution is 2.25. The number of hydrogen-bond donors (Lipinski definition) is 11. The minimum absolute atomic E-state index is 0.00535. The van der Waals surface area contributed by atoms with Crippen molar-refractivity contribution in [2.24, 2.45) is 28.9 Å². The van der Waals surface area contributed by atoms with E-state index >= 15 is 0 Å². The van der Waals surface area contributed by atoms with Crippen LogP contribution < -0.4 is 32.3 Å². The number of nitrogens with two attached hydrogens (primary N) is 1. The first-order valence-electron chi connectivity index (χ1n) is 31.4. The fourth-order valence-corrected chi connectivity index (χ4v) is 11.2. The van der Waals surface area contributed by atoms with Crippen LogP contribution >= 0.6 is 11.8 Å². The normalized spacial score (nSPS) is 15.5. The van der Waals surface area contributed by atoms with Gasteiger partial charge >= 0.3 is 29.8 Å². The number of hydrogen-bond acceptors (Lipinski definition) is 19. The third-order valence-electron chi connectivity index (χ3n) is 15.8. The highest BCUT2D eigenvalue weighted by Gasteiger charge is 2.38. The van der Waals surface area contributed by atoms with Crippen LogP contribution in [-0.4, -0.2) is 199 Å². The van der Waals surface area contributed by atoms with Gasteiger partial charge in [0, 0.05) is 107 Å². The largest absolute Gasteiger partial charge is 0.481 e. The minimum Gasteiger partial charge on any atom is -0.481 e. The lowest BCUT2D eigenvalue weighted by Crippen LogP contribution is -2.52. The maximum absolute atomic E-state index is 14.3. The Hall–Kier alpha value is -7.99. The summed E-state index contributed by atoms with van der Waals surface area (Å²) in [5.41, 5.74) is 6.35. The minimum atomic E-state index is -1.77. The maximum Gasteiger partial charge on any atom is 0.303 e. The molecule has 1 unspecified atom stereocenters. The van der Waals surface area contributed by atoms with Crippen molar-refractivity contribution >= 4 is 106 Å². The predicted molar refractivity (Wildman–Crippen MR) is 340 cm³/mol. The molecule has 94 heavy (non-hydrogen) atoms. The van der Waals surface area contributed by atoms with Crippen molar-refractivity contribution in [2.75, 3.05) is 31.8 Å². The molecule has 2 rings (SSSR count). The van der Waals surface area contributed by atoms with E-state index in [4.69, 9.17) is 15.6 Å². The number of thioether (sulfide) groups is 1. The lowest BCUT2D eigenvalue weighted by atomic mass is 9.87. The monoisotopic (exact) mass is 1350 g/mol. The standard InChI is InChI=1S/C64H95N7O22S/c1-36(2)30-45(49(74)21-22-53(77)70-52(35-94-7)64(4,5)6)69-63(92)47-10-8-28-71(47)54(78)34-93-29-9-11-48(73)46(31-38-12-14-39(15-13-38)37(3)72)68-61(90)41(17-24-56(81)82)33-50(75)43(19-26-58(85)86)66-60(89)40(16-23-55(79)80)32-51(76)44(20-27-59(87)88)67-62(91)42(65)18-25-57(83)84/h12-15,36,40-47,52H,8-11,16-35,65H2,1-7H3,(H,66,89)(H,67,91)(H,68,90)(H,69,92)(H,70,77)(H,79,80)(H,81,82)(H,83,84)(H,85,86)(H,87,88)/t40-,41-,42+,43+,44+,45?,46-,47-,52-/m0/s1. The second-order valence-electron chi connectivity index (χ2n) is 25.1. The van der Waals surface area contributed by atoms with E-state index in [1.165, 1.54) is 36.1 Å². The summed E-state index contributed by atoms with van der Waals surface area (Å²) >= 11 is 1.59. The summed E-state index contributed by atoms with van der Waals surface area (Å²) in [5, 5.41) is 60.3. The Morgan fingerprint density at radius 1 is 0.596 bits per heavy atom. The van der Waals surface area contributed by atoms with Gasteiger partial charge in [-0.3, -0.25) is 76.7 Å². The van der Waals surface area contributed by atoms with E-state index in [9.17, 15) is 97.1 Å². The van der Waals surface area contributed by atoms with Gasteiger partial charge in [-0.2, -0.15) is 11.8 Å². The Morgan fingerprint density at radius 2 is 1.07 bits per heavy atom. The molecule has 0 radical (unpaired) electrons. The Bertz CT molecular complexity index is 2840. The second-order valence-corrected chi connectivity index (χ2v) is 26.0. The number of carbonyl (C=O) groups excluding carboxylic acids is 11. The van der Waals surface area contributed by atoms with Crippen LogP contribution in [0, 0.1) is 23.2 Å². The number of carbonyl (C=O) groups is 16. The van der Waals surface area contributed by atoms with E-state index in [-0.39, 0.29) is 86.5 Å². The highest BCUT2D eigenvalue weighted by atomic mass is 32.2. The molecule has 1 aromatic rings. The van der Waals surface area contributed by atoms with Gasteiger partial charge in [0.2, 0.25) is 35.4 Å². The van der Waals surface area contributed by atoms with Crippen molar-refractivity contribution in [1.82, 2.24) is 31.5 Å². The number of Topliss-reactive ketones (excluding diaryl/α,β-unsaturated/α-hetero) is 5. The zero-order chi connectivity index (χ0) is 71.0. The first kappa shape index (κ1) is 82.1. The fourth-order valence-electron chi connectivity index (χ4n) is 10.3. The Labute approximate surface area is 550 Å². The number of ether oxygens (including phenoxy) is 1. The van der Waals surface area contributed by atoms with Crippen LogP contribution in [0.3, 0.4) is 0 Å². The van der Waals surface area contributed by atoms with Gasteiger partial charge in [-0.05, 0) is 94.3 Å². The van der Waals surface area contributed by atoms with Gasteiger partial charge in [0.15, 0.2) is 28.9 Å². The summed E-state index contributed by atoms with van der Waals surface area (Å²) < 4.78 is 5.69. The van der Waals surface area contributed by atoms with Crippen LogP contribution in [0.15, 0.2) is 24.3 Å². The number of ketones is 5. The molecule has 30 heteroatoms. The van der Waals surface area contributed by atoms with Gasteiger partial charge in [0.05, 0.1) is 30.2 Å². The zero-order valence-corrected chi connectivity index (χ0v) is 55.5. The Morgan fingerprint density at radius 3 is 1.55 bits per heavy atom. The molecule has 1 heterocycles. The summed E-state index contributed by atoms with van der Waals surface area (Å²) in [4.78, 5) is 209. The molecule has 1 aromatic carbocycles. The third-order valence-corrected chi connectivity index (χ3v) is 16.5. The Balaban J connectivity index is 2.33. The number of carboxylic acid groups (broad SMARTS) is 5. The quantitative estimate of drug-likeness (QED) is 0.0330. The number of likely N-dealkylation sites (tertiary alicyclic amines) is 1. The number of nitrogens with zero attached hydrogens (tertiary/aromatic N) is 1. The van der Waals surface area contributed by atoms with Crippen LogP contribution in [0.4, 0.5) is 0 Å². The molecular weight excluding hydrogens is 1250 g/mol. The molecule has 12 N–H and O–H groups in total. The Kier molecular flexibility index (Phi) is 36.4. The molecule has 1 fully saturated rings. The highest BCUT2D eigenvalue weighted by molar-refractivity contribution is 7.98. The molecule has 6 amide bonds. The second kappa shape index (κ2) is 41.7. The first-order chi connectivity index (χ1) is 44.0. The zero-order valence-electron chi connectivity index (χ0n) is 54.7. The molecule has 9 atom stereocenters. The summed E-state index contributed by atoms with van der Waals surface area (Å²) in [6.07, 6.45) is -5.52. The van der Waals surface area contributed by atoms with Crippen molar-refractivity contribution < 1.29 is 107 Å². The molecule has 1 saturated heterocycles. The average Bonchev–Trinajstić information content (AvgIpc) is 1.56. The molecule has 0 aliphatic carbocycles. The van der Waals surface area contributed by atoms with E-state index in [0.717, 1.165) is 0 Å². The van der Waals surface area contributed by atoms with E-state index in [2.05, 4.69) is 26.6 Å². The molecule has 0 spiro atoms. The van der Waals surface area contributed by atoms with Crippen molar-refractivity contribution in [3.05, 3.63) is 35.4 Å². The first-order valence-corrected chi connectivity index (χ1v) is 32.8. The van der Waals surface area contributed by atoms with Gasteiger partial charge in [0.1, 0.15) is 12.6 Å². The molecule has 0 saturated carbocycles. The van der Waals surface area contributed by atoms with Crippen molar-refractivity contribution in [3.63, 3.8) is 0 Å². The van der Waals surface area contributed by atoms with Crippen LogP contribution in [0.1, 0.15) is 179 Å².